The highest BCUT2D eigenvalue weighted by atomic mass is 79.9. The summed E-state index contributed by atoms with van der Waals surface area (Å²) in [5, 5.41) is 14.5. The molecular weight excluding hydrogens is 426 g/mol. The zero-order chi connectivity index (χ0) is 17.4. The number of benzene rings is 1. The third-order valence-electron chi connectivity index (χ3n) is 4.10. The van der Waals surface area contributed by atoms with E-state index in [2.05, 4.69) is 41.4 Å². The van der Waals surface area contributed by atoms with E-state index in [1.54, 1.807) is 0 Å². The molecule has 0 N–H and O–H groups in total. The fraction of sp³-hybridized carbons (Fsp3) is 0.250. The highest BCUT2D eigenvalue weighted by molar-refractivity contribution is 9.10. The molecule has 126 valence electrons. The second-order valence-electron chi connectivity index (χ2n) is 5.55. The lowest BCUT2D eigenvalue weighted by Crippen LogP contribution is -2.22. The van der Waals surface area contributed by atoms with Crippen LogP contribution in [0.1, 0.15) is 30.3 Å². The van der Waals surface area contributed by atoms with Crippen molar-refractivity contribution < 1.29 is 4.52 Å². The molecule has 1 unspecified atom stereocenters. The topological polar surface area (TPSA) is 78.8 Å². The molecule has 1 fully saturated rings. The minimum absolute atomic E-state index is 0.0765. The van der Waals surface area contributed by atoms with Crippen molar-refractivity contribution in [3.8, 4) is 17.5 Å². The Labute approximate surface area is 161 Å². The van der Waals surface area contributed by atoms with Crippen molar-refractivity contribution in [3.05, 3.63) is 45.3 Å². The molecule has 6 nitrogen and oxygen atoms in total. The van der Waals surface area contributed by atoms with Crippen molar-refractivity contribution in [1.29, 1.82) is 5.26 Å². The highest BCUT2D eigenvalue weighted by Crippen LogP contribution is 2.41. The molecule has 1 aliphatic rings. The van der Waals surface area contributed by atoms with Gasteiger partial charge in [0, 0.05) is 16.6 Å². The van der Waals surface area contributed by atoms with E-state index in [4.69, 9.17) is 16.1 Å². The second-order valence-corrected chi connectivity index (χ2v) is 7.52. The van der Waals surface area contributed by atoms with Crippen LogP contribution in [0.3, 0.4) is 0 Å². The zero-order valence-electron chi connectivity index (χ0n) is 12.8. The van der Waals surface area contributed by atoms with E-state index in [1.165, 1.54) is 11.5 Å². The first-order valence-electron chi connectivity index (χ1n) is 7.59. The monoisotopic (exact) mass is 435 g/mol. The smallest absolute Gasteiger partial charge is 0.249 e. The van der Waals surface area contributed by atoms with Gasteiger partial charge in [0.15, 0.2) is 5.15 Å². The summed E-state index contributed by atoms with van der Waals surface area (Å²) in [5.41, 5.74) is 1.28. The Morgan fingerprint density at radius 1 is 1.40 bits per heavy atom. The molecule has 4 rings (SSSR count). The van der Waals surface area contributed by atoms with Crippen LogP contribution in [0.15, 0.2) is 33.3 Å². The van der Waals surface area contributed by atoms with Gasteiger partial charge in [0.1, 0.15) is 22.7 Å². The van der Waals surface area contributed by atoms with E-state index < -0.39 is 0 Å². The van der Waals surface area contributed by atoms with Crippen molar-refractivity contribution in [2.24, 2.45) is 0 Å². The minimum Gasteiger partial charge on any atom is -0.349 e. The molecule has 1 aromatic carbocycles. The molecule has 0 radical (unpaired) electrons. The second kappa shape index (κ2) is 6.75. The van der Waals surface area contributed by atoms with Crippen LogP contribution in [0, 0.1) is 11.3 Å². The van der Waals surface area contributed by atoms with Gasteiger partial charge in [0.2, 0.25) is 11.7 Å². The van der Waals surface area contributed by atoms with Crippen LogP contribution in [0.25, 0.3) is 11.4 Å². The number of aromatic nitrogens is 3. The predicted molar refractivity (Wildman–Crippen MR) is 98.6 cm³/mol. The third-order valence-corrected chi connectivity index (χ3v) is 6.05. The van der Waals surface area contributed by atoms with E-state index in [9.17, 15) is 5.26 Å². The number of halogens is 2. The van der Waals surface area contributed by atoms with Gasteiger partial charge in [-0.2, -0.15) is 14.6 Å². The summed E-state index contributed by atoms with van der Waals surface area (Å²) in [6.45, 7) is 0.796. The maximum absolute atomic E-state index is 9.34. The third kappa shape index (κ3) is 2.92. The molecule has 0 aliphatic carbocycles. The lowest BCUT2D eigenvalue weighted by Gasteiger charge is -2.21. The fourth-order valence-electron chi connectivity index (χ4n) is 2.94. The number of anilines is 1. The first-order valence-corrected chi connectivity index (χ1v) is 9.54. The summed E-state index contributed by atoms with van der Waals surface area (Å²) in [5.74, 6) is 1.08. The van der Waals surface area contributed by atoms with Crippen molar-refractivity contribution in [2.75, 3.05) is 11.4 Å². The van der Waals surface area contributed by atoms with Crippen LogP contribution in [0.2, 0.25) is 5.15 Å². The van der Waals surface area contributed by atoms with Gasteiger partial charge in [-0.3, -0.25) is 0 Å². The maximum atomic E-state index is 9.34. The van der Waals surface area contributed by atoms with Gasteiger partial charge in [-0.15, -0.1) is 0 Å². The van der Waals surface area contributed by atoms with Gasteiger partial charge in [0.25, 0.3) is 0 Å². The molecule has 0 saturated carbocycles. The molecule has 1 atom stereocenters. The Morgan fingerprint density at radius 2 is 2.24 bits per heavy atom. The standard InChI is InChI=1S/C16H11BrClN5OS/c17-11-5-2-1-4-9(11)14-20-15(24-21-14)12-6-3-7-23(12)16-10(8-19)13(18)22-25-16/h1-2,4-5,12H,3,6-7H2. The zero-order valence-corrected chi connectivity index (χ0v) is 16.0. The van der Waals surface area contributed by atoms with Gasteiger partial charge in [-0.25, -0.2) is 0 Å². The van der Waals surface area contributed by atoms with E-state index in [1.807, 2.05) is 24.3 Å². The van der Waals surface area contributed by atoms with Crippen molar-refractivity contribution >= 4 is 44.1 Å². The molecule has 1 saturated heterocycles. The van der Waals surface area contributed by atoms with Crippen molar-refractivity contribution in [2.45, 2.75) is 18.9 Å². The van der Waals surface area contributed by atoms with E-state index in [0.717, 1.165) is 34.4 Å². The Hall–Kier alpha value is -1.95. The lowest BCUT2D eigenvalue weighted by atomic mass is 10.2. The molecule has 1 aliphatic heterocycles. The van der Waals surface area contributed by atoms with Gasteiger partial charge in [-0.1, -0.05) is 44.8 Å². The van der Waals surface area contributed by atoms with Crippen LogP contribution in [0.5, 0.6) is 0 Å². The molecule has 0 spiro atoms. The molecule has 25 heavy (non-hydrogen) atoms. The van der Waals surface area contributed by atoms with Crippen molar-refractivity contribution in [3.63, 3.8) is 0 Å². The summed E-state index contributed by atoms with van der Waals surface area (Å²) in [7, 11) is 0. The number of hydrogen-bond donors (Lipinski definition) is 0. The summed E-state index contributed by atoms with van der Waals surface area (Å²) in [6, 6.07) is 9.79. The number of hydrogen-bond acceptors (Lipinski definition) is 7. The largest absolute Gasteiger partial charge is 0.349 e. The lowest BCUT2D eigenvalue weighted by molar-refractivity contribution is 0.355. The summed E-state index contributed by atoms with van der Waals surface area (Å²) < 4.78 is 10.5. The summed E-state index contributed by atoms with van der Waals surface area (Å²) >= 11 is 10.7. The van der Waals surface area contributed by atoms with Crippen molar-refractivity contribution in [1.82, 2.24) is 14.5 Å². The fourth-order valence-corrected chi connectivity index (χ4v) is 4.51. The highest BCUT2D eigenvalue weighted by Gasteiger charge is 2.34. The maximum Gasteiger partial charge on any atom is 0.249 e. The average molecular weight is 437 g/mol. The SMILES string of the molecule is N#Cc1c(Cl)nsc1N1CCCC1c1nc(-c2ccccc2Br)no1. The molecule has 3 aromatic rings. The molecule has 2 aromatic heterocycles. The molecule has 0 bridgehead atoms. The van der Waals surface area contributed by atoms with Crippen LogP contribution in [0.4, 0.5) is 5.00 Å². The van der Waals surface area contributed by atoms with E-state index in [0.29, 0.717) is 17.3 Å². The van der Waals surface area contributed by atoms with Crippen LogP contribution in [-0.4, -0.2) is 21.1 Å². The van der Waals surface area contributed by atoms with E-state index >= 15 is 0 Å². The Bertz CT molecular complexity index is 966. The first kappa shape index (κ1) is 16.5. The average Bonchev–Trinajstić information content (AvgIpc) is 3.33. The van der Waals surface area contributed by atoms with Gasteiger partial charge in [0.05, 0.1) is 0 Å². The summed E-state index contributed by atoms with van der Waals surface area (Å²) in [4.78, 5) is 6.66. The van der Waals surface area contributed by atoms with Crippen LogP contribution >= 0.6 is 39.1 Å². The molecule has 9 heteroatoms. The molecule has 3 heterocycles. The number of nitriles is 1. The molecule has 0 amide bonds. The normalized spacial score (nSPS) is 17.0. The van der Waals surface area contributed by atoms with Crippen LogP contribution in [-0.2, 0) is 0 Å². The van der Waals surface area contributed by atoms with Gasteiger partial charge < -0.3 is 9.42 Å². The predicted octanol–water partition coefficient (Wildman–Crippen LogP) is 4.82. The Balaban J connectivity index is 1.68. The van der Waals surface area contributed by atoms with Crippen LogP contribution < -0.4 is 4.90 Å². The molecular formula is C16H11BrClN5OS. The Morgan fingerprint density at radius 3 is 3.04 bits per heavy atom. The van der Waals surface area contributed by atoms with Gasteiger partial charge >= 0.3 is 0 Å². The van der Waals surface area contributed by atoms with Gasteiger partial charge in [-0.05, 0) is 36.5 Å². The number of nitrogens with zero attached hydrogens (tertiary/aromatic N) is 5. The Kier molecular flexibility index (Phi) is 4.46. The number of rotatable bonds is 3. The first-order chi connectivity index (χ1) is 12.2. The van der Waals surface area contributed by atoms with E-state index in [-0.39, 0.29) is 11.2 Å². The summed E-state index contributed by atoms with van der Waals surface area (Å²) in [6.07, 6.45) is 1.84. The quantitative estimate of drug-likeness (QED) is 0.585. The minimum atomic E-state index is -0.0765.